The quantitative estimate of drug-likeness (QED) is 0.795. The van der Waals surface area contributed by atoms with Crippen molar-refractivity contribution in [3.05, 3.63) is 52.5 Å². The molecule has 0 spiro atoms. The lowest BCUT2D eigenvalue weighted by Crippen LogP contribution is -2.34. The maximum atomic E-state index is 12.2. The summed E-state index contributed by atoms with van der Waals surface area (Å²) < 4.78 is 3.37. The van der Waals surface area contributed by atoms with Crippen molar-refractivity contribution in [1.82, 2.24) is 29.0 Å². The highest BCUT2D eigenvalue weighted by atomic mass is 16.1. The van der Waals surface area contributed by atoms with Gasteiger partial charge in [-0.2, -0.15) is 5.10 Å². The van der Waals surface area contributed by atoms with Gasteiger partial charge in [0.2, 0.25) is 5.78 Å². The van der Waals surface area contributed by atoms with Crippen molar-refractivity contribution in [2.75, 3.05) is 6.54 Å². The number of piperidine rings is 1. The number of aryl methyl sites for hydroxylation is 1. The van der Waals surface area contributed by atoms with Crippen LogP contribution in [0.4, 0.5) is 0 Å². The van der Waals surface area contributed by atoms with Gasteiger partial charge in [0.15, 0.2) is 0 Å². The van der Waals surface area contributed by atoms with Gasteiger partial charge in [0, 0.05) is 49.5 Å². The molecule has 23 heavy (non-hydrogen) atoms. The zero-order valence-corrected chi connectivity index (χ0v) is 13.1. The first-order chi connectivity index (χ1) is 11.2. The molecular formula is C16H20N6O. The minimum absolute atomic E-state index is 0.0295. The van der Waals surface area contributed by atoms with Crippen molar-refractivity contribution >= 4 is 5.78 Å². The molecule has 4 heterocycles. The van der Waals surface area contributed by atoms with Crippen LogP contribution in [0.15, 0.2) is 35.6 Å². The normalized spacial score (nSPS) is 19.4. The van der Waals surface area contributed by atoms with Crippen LogP contribution in [0, 0.1) is 0 Å². The second-order valence-electron chi connectivity index (χ2n) is 6.19. The van der Waals surface area contributed by atoms with Crippen molar-refractivity contribution in [2.45, 2.75) is 31.8 Å². The Bertz CT molecular complexity index is 876. The van der Waals surface area contributed by atoms with Crippen molar-refractivity contribution < 1.29 is 0 Å². The fourth-order valence-corrected chi connectivity index (χ4v) is 3.44. The van der Waals surface area contributed by atoms with Crippen LogP contribution in [-0.4, -0.2) is 35.6 Å². The van der Waals surface area contributed by atoms with Crippen molar-refractivity contribution in [1.29, 1.82) is 0 Å². The average molecular weight is 312 g/mol. The molecule has 0 aliphatic carbocycles. The number of rotatable bonds is 3. The number of fused-ring (bicyclic) bond motifs is 1. The van der Waals surface area contributed by atoms with E-state index in [1.54, 1.807) is 18.5 Å². The Kier molecular flexibility index (Phi) is 3.49. The summed E-state index contributed by atoms with van der Waals surface area (Å²) in [5.41, 5.74) is 2.12. The highest BCUT2D eigenvalue weighted by Crippen LogP contribution is 2.30. The number of hydrogen-bond acceptors (Lipinski definition) is 4. The van der Waals surface area contributed by atoms with E-state index in [0.29, 0.717) is 5.78 Å². The molecule has 3 aromatic rings. The number of H-pyrrole nitrogens is 1. The standard InChI is InChI=1S/C16H20N6O/c1-20-10-12(9-18-20)11-21-6-3-2-4-14(21)13-8-15(23)22-7-5-17-16(22)19-13/h5,7-10,14H,2-4,6,11H2,1H3,(H,17,19). The van der Waals surface area contributed by atoms with Gasteiger partial charge in [-0.25, -0.2) is 4.98 Å². The lowest BCUT2D eigenvalue weighted by molar-refractivity contribution is 0.137. The molecule has 1 fully saturated rings. The minimum atomic E-state index is -0.0295. The van der Waals surface area contributed by atoms with Crippen LogP contribution in [0.3, 0.4) is 0 Å². The fraction of sp³-hybridized carbons (Fsp3) is 0.438. The predicted octanol–water partition coefficient (Wildman–Crippen LogP) is 1.48. The summed E-state index contributed by atoms with van der Waals surface area (Å²) in [6, 6.07) is 1.93. The third kappa shape index (κ3) is 2.68. The van der Waals surface area contributed by atoms with Gasteiger partial charge in [0.05, 0.1) is 12.2 Å². The van der Waals surface area contributed by atoms with Crippen LogP contribution in [0.25, 0.3) is 5.78 Å². The van der Waals surface area contributed by atoms with Gasteiger partial charge in [-0.05, 0) is 19.4 Å². The van der Waals surface area contributed by atoms with Crippen LogP contribution < -0.4 is 5.56 Å². The Hall–Kier alpha value is -2.41. The van der Waals surface area contributed by atoms with E-state index in [1.807, 2.05) is 24.1 Å². The summed E-state index contributed by atoms with van der Waals surface area (Å²) in [6.45, 7) is 1.88. The first-order valence-electron chi connectivity index (χ1n) is 7.98. The SMILES string of the molecule is Cn1cc(CN2CCCCC2c2cc(=O)n3ccnc3[nH]2)cn1. The summed E-state index contributed by atoms with van der Waals surface area (Å²) in [7, 11) is 1.93. The molecule has 0 aromatic carbocycles. The monoisotopic (exact) mass is 312 g/mol. The third-order valence-corrected chi connectivity index (χ3v) is 4.53. The predicted molar refractivity (Wildman–Crippen MR) is 86.0 cm³/mol. The van der Waals surface area contributed by atoms with E-state index >= 15 is 0 Å². The Balaban J connectivity index is 1.67. The lowest BCUT2D eigenvalue weighted by atomic mass is 9.98. The highest BCUT2D eigenvalue weighted by molar-refractivity contribution is 5.30. The zero-order valence-electron chi connectivity index (χ0n) is 13.1. The summed E-state index contributed by atoms with van der Waals surface area (Å²) in [6.07, 6.45) is 10.7. The molecule has 1 aliphatic rings. The van der Waals surface area contributed by atoms with Crippen molar-refractivity contribution in [3.8, 4) is 0 Å². The summed E-state index contributed by atoms with van der Waals surface area (Å²) in [4.78, 5) is 22.2. The largest absolute Gasteiger partial charge is 0.327 e. The lowest BCUT2D eigenvalue weighted by Gasteiger charge is -2.35. The first-order valence-corrected chi connectivity index (χ1v) is 7.98. The molecular weight excluding hydrogens is 292 g/mol. The van der Waals surface area contributed by atoms with Crippen LogP contribution in [-0.2, 0) is 13.6 Å². The van der Waals surface area contributed by atoms with Crippen LogP contribution >= 0.6 is 0 Å². The molecule has 0 saturated carbocycles. The molecule has 0 bridgehead atoms. The van der Waals surface area contributed by atoms with E-state index in [4.69, 9.17) is 0 Å². The number of aromatic amines is 1. The van der Waals surface area contributed by atoms with Gasteiger partial charge in [0.25, 0.3) is 5.56 Å². The van der Waals surface area contributed by atoms with Crippen molar-refractivity contribution in [3.63, 3.8) is 0 Å². The summed E-state index contributed by atoms with van der Waals surface area (Å²) in [5, 5.41) is 4.25. The van der Waals surface area contributed by atoms with Gasteiger partial charge < -0.3 is 4.98 Å². The third-order valence-electron chi connectivity index (χ3n) is 4.53. The number of aromatic nitrogens is 5. The van der Waals surface area contributed by atoms with Gasteiger partial charge in [-0.1, -0.05) is 6.42 Å². The number of imidazole rings is 1. The van der Waals surface area contributed by atoms with Gasteiger partial charge >= 0.3 is 0 Å². The number of nitrogens with zero attached hydrogens (tertiary/aromatic N) is 5. The van der Waals surface area contributed by atoms with Crippen LogP contribution in [0.2, 0.25) is 0 Å². The van der Waals surface area contributed by atoms with E-state index < -0.39 is 0 Å². The molecule has 1 aliphatic heterocycles. The molecule has 1 unspecified atom stereocenters. The van der Waals surface area contributed by atoms with E-state index in [9.17, 15) is 4.79 Å². The maximum Gasteiger partial charge on any atom is 0.259 e. The summed E-state index contributed by atoms with van der Waals surface area (Å²) >= 11 is 0. The van der Waals surface area contributed by atoms with Gasteiger partial charge in [-0.3, -0.25) is 18.8 Å². The molecule has 7 heteroatoms. The van der Waals surface area contributed by atoms with Crippen LogP contribution in [0.5, 0.6) is 0 Å². The molecule has 1 atom stereocenters. The maximum absolute atomic E-state index is 12.2. The fourth-order valence-electron chi connectivity index (χ4n) is 3.44. The molecule has 120 valence electrons. The number of hydrogen-bond donors (Lipinski definition) is 1. The van der Waals surface area contributed by atoms with E-state index in [0.717, 1.165) is 25.2 Å². The molecule has 3 aromatic heterocycles. The topological polar surface area (TPSA) is 71.2 Å². The number of nitrogens with one attached hydrogen (secondary N) is 1. The van der Waals surface area contributed by atoms with Gasteiger partial charge in [-0.15, -0.1) is 0 Å². The summed E-state index contributed by atoms with van der Waals surface area (Å²) in [5.74, 6) is 0.611. The average Bonchev–Trinajstić information content (AvgIpc) is 3.17. The smallest absolute Gasteiger partial charge is 0.259 e. The molecule has 1 saturated heterocycles. The zero-order chi connectivity index (χ0) is 15.8. The Morgan fingerprint density at radius 2 is 2.30 bits per heavy atom. The van der Waals surface area contributed by atoms with E-state index in [1.165, 1.54) is 22.8 Å². The Morgan fingerprint density at radius 3 is 3.13 bits per heavy atom. The van der Waals surface area contributed by atoms with Crippen LogP contribution in [0.1, 0.15) is 36.6 Å². The molecule has 1 N–H and O–H groups in total. The first kappa shape index (κ1) is 14.2. The minimum Gasteiger partial charge on any atom is -0.327 e. The molecule has 7 nitrogen and oxygen atoms in total. The molecule has 4 rings (SSSR count). The highest BCUT2D eigenvalue weighted by Gasteiger charge is 2.25. The van der Waals surface area contributed by atoms with Crippen molar-refractivity contribution in [2.24, 2.45) is 7.05 Å². The molecule has 0 radical (unpaired) electrons. The van der Waals surface area contributed by atoms with Gasteiger partial charge in [0.1, 0.15) is 0 Å². The number of likely N-dealkylation sites (tertiary alicyclic amines) is 1. The Labute approximate surface area is 133 Å². The van der Waals surface area contributed by atoms with E-state index in [2.05, 4.69) is 20.0 Å². The molecule has 0 amide bonds. The second-order valence-corrected chi connectivity index (χ2v) is 6.19. The Morgan fingerprint density at radius 1 is 1.39 bits per heavy atom. The van der Waals surface area contributed by atoms with E-state index in [-0.39, 0.29) is 11.6 Å². The second kappa shape index (κ2) is 5.66.